The van der Waals surface area contributed by atoms with Crippen molar-refractivity contribution in [3.8, 4) is 0 Å². The average molecular weight is 323 g/mol. The van der Waals surface area contributed by atoms with Gasteiger partial charge in [0.2, 0.25) is 5.91 Å². The molecule has 2 atom stereocenters. The van der Waals surface area contributed by atoms with E-state index in [0.717, 1.165) is 15.7 Å². The molecule has 0 aromatic heterocycles. The van der Waals surface area contributed by atoms with Crippen molar-refractivity contribution in [3.05, 3.63) is 42.5 Å². The molecule has 2 aliphatic rings. The highest BCUT2D eigenvalue weighted by Crippen LogP contribution is 2.34. The normalized spacial score (nSPS) is 22.4. The van der Waals surface area contributed by atoms with Gasteiger partial charge < -0.3 is 4.74 Å². The van der Waals surface area contributed by atoms with Crippen LogP contribution in [0.3, 0.4) is 0 Å². The van der Waals surface area contributed by atoms with Crippen LogP contribution < -0.4 is 10.3 Å². The van der Waals surface area contributed by atoms with Gasteiger partial charge in [0.05, 0.1) is 12.8 Å². The number of anilines is 1. The molecule has 2 aromatic carbocycles. The Labute approximate surface area is 136 Å². The molecule has 2 unspecified atom stereocenters. The summed E-state index contributed by atoms with van der Waals surface area (Å²) in [6, 6.07) is 12.0. The number of carbonyl (C=O) groups excluding carboxylic acids is 3. The number of carbonyl (C=O) groups is 3. The molecule has 0 bridgehead atoms. The number of hydrogen-bond donors (Lipinski definition) is 1. The summed E-state index contributed by atoms with van der Waals surface area (Å²) in [5.74, 6) is -2.57. The first-order chi connectivity index (χ1) is 11.6. The third-order valence-electron chi connectivity index (χ3n) is 4.33. The fourth-order valence-corrected chi connectivity index (χ4v) is 3.20. The number of hydrazone groups is 1. The fraction of sp³-hybridized carbons (Fsp3) is 0.176. The monoisotopic (exact) mass is 323 g/mol. The van der Waals surface area contributed by atoms with E-state index >= 15 is 0 Å². The lowest BCUT2D eigenvalue weighted by Gasteiger charge is -2.17. The van der Waals surface area contributed by atoms with Crippen LogP contribution in [0.2, 0.25) is 0 Å². The molecule has 7 heteroatoms. The topological polar surface area (TPSA) is 88.1 Å². The maximum atomic E-state index is 12.8. The van der Waals surface area contributed by atoms with E-state index in [0.29, 0.717) is 5.69 Å². The summed E-state index contributed by atoms with van der Waals surface area (Å²) in [7, 11) is 1.21. The maximum Gasteiger partial charge on any atom is 0.355 e. The maximum absolute atomic E-state index is 12.8. The predicted octanol–water partition coefficient (Wildman–Crippen LogP) is 0.830. The number of methoxy groups -OCH3 is 1. The molecule has 2 amide bonds. The van der Waals surface area contributed by atoms with E-state index < -0.39 is 29.7 Å². The lowest BCUT2D eigenvalue weighted by atomic mass is 9.99. The van der Waals surface area contributed by atoms with E-state index in [9.17, 15) is 14.4 Å². The molecule has 2 heterocycles. The molecule has 0 saturated carbocycles. The first-order valence-corrected chi connectivity index (χ1v) is 7.40. The molecule has 7 nitrogen and oxygen atoms in total. The summed E-state index contributed by atoms with van der Waals surface area (Å²) >= 11 is 0. The summed E-state index contributed by atoms with van der Waals surface area (Å²) in [4.78, 5) is 38.5. The first-order valence-electron chi connectivity index (χ1n) is 7.40. The lowest BCUT2D eigenvalue weighted by Crippen LogP contribution is -2.36. The van der Waals surface area contributed by atoms with E-state index in [1.165, 1.54) is 7.11 Å². The second kappa shape index (κ2) is 5.16. The number of amides is 2. The van der Waals surface area contributed by atoms with Gasteiger partial charge in [-0.25, -0.2) is 9.69 Å². The fourth-order valence-electron chi connectivity index (χ4n) is 3.20. The Kier molecular flexibility index (Phi) is 3.09. The minimum absolute atomic E-state index is 0.0661. The molecule has 1 saturated heterocycles. The van der Waals surface area contributed by atoms with E-state index in [1.807, 2.05) is 30.3 Å². The predicted molar refractivity (Wildman–Crippen MR) is 86.3 cm³/mol. The smallest absolute Gasteiger partial charge is 0.355 e. The standard InChI is InChI=1S/C17H13N3O4/c1-24-17(23)14-12-13(18-19-14)16(22)20(15(12)21)11-8-4-6-9-5-2-3-7-10(9)11/h2-8,12-13,18H,1H3. The van der Waals surface area contributed by atoms with Crippen LogP contribution in [-0.4, -0.2) is 36.6 Å². The number of ether oxygens (including phenoxy) is 1. The highest BCUT2D eigenvalue weighted by Gasteiger charge is 2.55. The van der Waals surface area contributed by atoms with Gasteiger partial charge >= 0.3 is 5.97 Å². The highest BCUT2D eigenvalue weighted by molar-refractivity contribution is 6.47. The number of fused-ring (bicyclic) bond motifs is 2. The quantitative estimate of drug-likeness (QED) is 0.653. The SMILES string of the molecule is COC(=O)C1=NNC2C(=O)N(c3cccc4ccccc34)C(=O)C12. The van der Waals surface area contributed by atoms with Gasteiger partial charge in [-0.1, -0.05) is 36.4 Å². The number of nitrogens with zero attached hydrogens (tertiary/aromatic N) is 2. The molecule has 1 fully saturated rings. The van der Waals surface area contributed by atoms with Crippen LogP contribution in [0.4, 0.5) is 5.69 Å². The zero-order valence-corrected chi connectivity index (χ0v) is 12.7. The van der Waals surface area contributed by atoms with Crippen LogP contribution in [0.5, 0.6) is 0 Å². The van der Waals surface area contributed by atoms with E-state index in [1.54, 1.807) is 12.1 Å². The molecule has 0 spiro atoms. The van der Waals surface area contributed by atoms with E-state index in [-0.39, 0.29) is 5.71 Å². The zero-order valence-electron chi connectivity index (χ0n) is 12.7. The molecule has 4 rings (SSSR count). The van der Waals surface area contributed by atoms with Crippen molar-refractivity contribution >= 4 is 40.0 Å². The Hall–Kier alpha value is -3.22. The van der Waals surface area contributed by atoms with Crippen molar-refractivity contribution in [2.45, 2.75) is 6.04 Å². The number of hydrogen-bond acceptors (Lipinski definition) is 6. The third-order valence-corrected chi connectivity index (χ3v) is 4.33. The van der Waals surface area contributed by atoms with E-state index in [2.05, 4.69) is 15.3 Å². The minimum atomic E-state index is -0.955. The molecule has 24 heavy (non-hydrogen) atoms. The average Bonchev–Trinajstić information content (AvgIpc) is 3.15. The van der Waals surface area contributed by atoms with Crippen LogP contribution >= 0.6 is 0 Å². The number of rotatable bonds is 2. The van der Waals surface area contributed by atoms with Gasteiger partial charge in [0.15, 0.2) is 5.71 Å². The van der Waals surface area contributed by atoms with Crippen LogP contribution in [0, 0.1) is 5.92 Å². The van der Waals surface area contributed by atoms with Crippen molar-refractivity contribution in [1.82, 2.24) is 5.43 Å². The largest absolute Gasteiger partial charge is 0.464 e. The first kappa shape index (κ1) is 14.4. The van der Waals surface area contributed by atoms with Crippen LogP contribution in [-0.2, 0) is 19.1 Å². The Morgan fingerprint density at radius 2 is 1.88 bits per heavy atom. The third kappa shape index (κ3) is 1.84. The molecule has 2 aromatic rings. The number of esters is 1. The molecule has 120 valence electrons. The van der Waals surface area contributed by atoms with Crippen molar-refractivity contribution in [1.29, 1.82) is 0 Å². The Bertz CT molecular complexity index is 916. The summed E-state index contributed by atoms with van der Waals surface area (Å²) in [5, 5.41) is 5.52. The van der Waals surface area contributed by atoms with Crippen molar-refractivity contribution in [2.24, 2.45) is 11.0 Å². The van der Waals surface area contributed by atoms with Crippen LogP contribution in [0.15, 0.2) is 47.6 Å². The van der Waals surface area contributed by atoms with E-state index in [4.69, 9.17) is 0 Å². The highest BCUT2D eigenvalue weighted by atomic mass is 16.5. The molecular weight excluding hydrogens is 310 g/mol. The second-order valence-electron chi connectivity index (χ2n) is 5.58. The van der Waals surface area contributed by atoms with Gasteiger partial charge in [-0.3, -0.25) is 15.0 Å². The van der Waals surface area contributed by atoms with Gasteiger partial charge in [0.25, 0.3) is 5.91 Å². The number of benzene rings is 2. The summed E-state index contributed by atoms with van der Waals surface area (Å²) < 4.78 is 4.65. The summed E-state index contributed by atoms with van der Waals surface area (Å²) in [6.45, 7) is 0. The lowest BCUT2D eigenvalue weighted by molar-refractivity contribution is -0.133. The van der Waals surface area contributed by atoms with Gasteiger partial charge in [0.1, 0.15) is 12.0 Å². The Balaban J connectivity index is 1.81. The van der Waals surface area contributed by atoms with Crippen molar-refractivity contribution < 1.29 is 19.1 Å². The molecule has 0 radical (unpaired) electrons. The Morgan fingerprint density at radius 1 is 1.12 bits per heavy atom. The zero-order chi connectivity index (χ0) is 16.8. The van der Waals surface area contributed by atoms with Crippen LogP contribution in [0.25, 0.3) is 10.8 Å². The molecule has 0 aliphatic carbocycles. The summed E-state index contributed by atoms with van der Waals surface area (Å²) in [6.07, 6.45) is 0. The van der Waals surface area contributed by atoms with Crippen molar-refractivity contribution in [2.75, 3.05) is 12.0 Å². The second-order valence-corrected chi connectivity index (χ2v) is 5.58. The molecule has 2 aliphatic heterocycles. The van der Waals surface area contributed by atoms with Crippen LogP contribution in [0.1, 0.15) is 0 Å². The van der Waals surface area contributed by atoms with Gasteiger partial charge in [0, 0.05) is 5.39 Å². The number of nitrogens with one attached hydrogen (secondary N) is 1. The molecular formula is C17H13N3O4. The Morgan fingerprint density at radius 3 is 2.67 bits per heavy atom. The van der Waals surface area contributed by atoms with Gasteiger partial charge in [-0.2, -0.15) is 5.10 Å². The minimum Gasteiger partial charge on any atom is -0.464 e. The van der Waals surface area contributed by atoms with Crippen molar-refractivity contribution in [3.63, 3.8) is 0 Å². The summed E-state index contributed by atoms with van der Waals surface area (Å²) in [5.41, 5.74) is 3.02. The molecule has 1 N–H and O–H groups in total. The number of imide groups is 1. The van der Waals surface area contributed by atoms with Gasteiger partial charge in [-0.15, -0.1) is 0 Å². The van der Waals surface area contributed by atoms with Gasteiger partial charge in [-0.05, 0) is 11.5 Å².